The molecule has 134 valence electrons. The van der Waals surface area contributed by atoms with Crippen LogP contribution in [0.15, 0.2) is 29.3 Å². The summed E-state index contributed by atoms with van der Waals surface area (Å²) in [5.41, 5.74) is 1.21. The number of guanidine groups is 1. The highest BCUT2D eigenvalue weighted by molar-refractivity contribution is 5.79. The average Bonchev–Trinajstić information content (AvgIpc) is 2.57. The van der Waals surface area contributed by atoms with Crippen molar-refractivity contribution in [2.45, 2.75) is 33.6 Å². The Balaban J connectivity index is 2.25. The van der Waals surface area contributed by atoms with E-state index in [-0.39, 0.29) is 5.97 Å². The van der Waals surface area contributed by atoms with E-state index in [1.807, 2.05) is 45.0 Å². The normalized spacial score (nSPS) is 11.0. The highest BCUT2D eigenvalue weighted by atomic mass is 16.5. The van der Waals surface area contributed by atoms with E-state index in [0.29, 0.717) is 39.1 Å². The summed E-state index contributed by atoms with van der Waals surface area (Å²) in [5.74, 6) is 1.42. The van der Waals surface area contributed by atoms with Crippen molar-refractivity contribution in [2.24, 2.45) is 4.99 Å². The first kappa shape index (κ1) is 19.8. The molecule has 0 radical (unpaired) electrons. The van der Waals surface area contributed by atoms with E-state index in [1.54, 1.807) is 0 Å². The Labute approximate surface area is 144 Å². The fraction of sp³-hybridized carbons (Fsp3) is 0.556. The molecule has 0 heterocycles. The molecule has 0 aliphatic carbocycles. The first-order chi connectivity index (χ1) is 11.7. The molecule has 2 N–H and O–H groups in total. The molecule has 0 aliphatic rings. The second kappa shape index (κ2) is 12.2. The Hall–Kier alpha value is -2.24. The highest BCUT2D eigenvalue weighted by Gasteiger charge is 2.01. The van der Waals surface area contributed by atoms with E-state index in [4.69, 9.17) is 9.47 Å². The Kier molecular flexibility index (Phi) is 10.1. The van der Waals surface area contributed by atoms with Crippen LogP contribution in [0.4, 0.5) is 0 Å². The summed E-state index contributed by atoms with van der Waals surface area (Å²) in [7, 11) is 0. The lowest BCUT2D eigenvalue weighted by atomic mass is 10.2. The number of carbonyl (C=O) groups excluding carboxylic acids is 1. The zero-order valence-electron chi connectivity index (χ0n) is 14.9. The van der Waals surface area contributed by atoms with Gasteiger partial charge in [0, 0.05) is 19.5 Å². The van der Waals surface area contributed by atoms with Crippen LogP contribution in [0.3, 0.4) is 0 Å². The smallest absolute Gasteiger partial charge is 0.305 e. The lowest BCUT2D eigenvalue weighted by Gasteiger charge is -2.12. The van der Waals surface area contributed by atoms with Crippen molar-refractivity contribution in [3.05, 3.63) is 29.8 Å². The molecule has 6 nitrogen and oxygen atoms in total. The SMILES string of the molecule is CCNC(=NCCCC(=O)OCC)NCCOc1ccc(C)cc1. The lowest BCUT2D eigenvalue weighted by molar-refractivity contribution is -0.143. The molecule has 24 heavy (non-hydrogen) atoms. The number of rotatable bonds is 10. The van der Waals surface area contributed by atoms with E-state index in [9.17, 15) is 4.79 Å². The minimum atomic E-state index is -0.169. The third-order valence-corrected chi connectivity index (χ3v) is 3.14. The van der Waals surface area contributed by atoms with Gasteiger partial charge in [0.05, 0.1) is 13.2 Å². The van der Waals surface area contributed by atoms with Crippen molar-refractivity contribution < 1.29 is 14.3 Å². The number of carbonyl (C=O) groups is 1. The molecular formula is C18H29N3O3. The van der Waals surface area contributed by atoms with Gasteiger partial charge in [-0.15, -0.1) is 0 Å². The third kappa shape index (κ3) is 9.02. The van der Waals surface area contributed by atoms with E-state index in [0.717, 1.165) is 18.3 Å². The van der Waals surface area contributed by atoms with Crippen LogP contribution in [0, 0.1) is 6.92 Å². The minimum absolute atomic E-state index is 0.169. The van der Waals surface area contributed by atoms with Crippen molar-refractivity contribution in [1.29, 1.82) is 0 Å². The van der Waals surface area contributed by atoms with E-state index in [2.05, 4.69) is 15.6 Å². The maximum Gasteiger partial charge on any atom is 0.305 e. The summed E-state index contributed by atoms with van der Waals surface area (Å²) in [6, 6.07) is 7.98. The molecular weight excluding hydrogens is 306 g/mol. The summed E-state index contributed by atoms with van der Waals surface area (Å²) in [6.45, 7) is 8.85. The van der Waals surface area contributed by atoms with Gasteiger partial charge in [-0.2, -0.15) is 0 Å². The van der Waals surface area contributed by atoms with Crippen molar-refractivity contribution in [1.82, 2.24) is 10.6 Å². The van der Waals surface area contributed by atoms with Gasteiger partial charge in [0.1, 0.15) is 12.4 Å². The van der Waals surface area contributed by atoms with E-state index >= 15 is 0 Å². The number of aliphatic imine (C=N–C) groups is 1. The molecule has 0 atom stereocenters. The number of aryl methyl sites for hydroxylation is 1. The molecule has 1 aromatic rings. The second-order valence-corrected chi connectivity index (χ2v) is 5.26. The number of benzene rings is 1. The maximum absolute atomic E-state index is 11.3. The Morgan fingerprint density at radius 1 is 1.17 bits per heavy atom. The maximum atomic E-state index is 11.3. The number of hydrogen-bond acceptors (Lipinski definition) is 4. The summed E-state index contributed by atoms with van der Waals surface area (Å²) in [5, 5.41) is 6.38. The van der Waals surface area contributed by atoms with Crippen molar-refractivity contribution in [2.75, 3.05) is 32.8 Å². The number of esters is 1. The van der Waals surface area contributed by atoms with Crippen LogP contribution in [0.25, 0.3) is 0 Å². The van der Waals surface area contributed by atoms with Gasteiger partial charge in [0.25, 0.3) is 0 Å². The van der Waals surface area contributed by atoms with Crippen LogP contribution in [0.5, 0.6) is 5.75 Å². The zero-order valence-corrected chi connectivity index (χ0v) is 14.9. The number of ether oxygens (including phenoxy) is 2. The standard InChI is InChI=1S/C18H29N3O3/c1-4-19-18(20-12-6-7-17(22)23-5-2)21-13-14-24-16-10-8-15(3)9-11-16/h8-11H,4-7,12-14H2,1-3H3,(H2,19,20,21). The quantitative estimate of drug-likeness (QED) is 0.297. The molecule has 1 aromatic carbocycles. The highest BCUT2D eigenvalue weighted by Crippen LogP contribution is 2.10. The van der Waals surface area contributed by atoms with Crippen LogP contribution in [-0.4, -0.2) is 44.8 Å². The van der Waals surface area contributed by atoms with Gasteiger partial charge in [-0.1, -0.05) is 17.7 Å². The molecule has 0 aromatic heterocycles. The summed E-state index contributed by atoms with van der Waals surface area (Å²) < 4.78 is 10.6. The van der Waals surface area contributed by atoms with Crippen molar-refractivity contribution in [3.8, 4) is 5.75 Å². The molecule has 1 rings (SSSR count). The third-order valence-electron chi connectivity index (χ3n) is 3.14. The molecule has 6 heteroatoms. The van der Waals surface area contributed by atoms with Gasteiger partial charge >= 0.3 is 5.97 Å². The molecule has 0 aliphatic heterocycles. The van der Waals surface area contributed by atoms with Crippen LogP contribution in [0.2, 0.25) is 0 Å². The van der Waals surface area contributed by atoms with E-state index < -0.39 is 0 Å². The molecule has 0 saturated carbocycles. The Morgan fingerprint density at radius 3 is 2.58 bits per heavy atom. The minimum Gasteiger partial charge on any atom is -0.492 e. The fourth-order valence-corrected chi connectivity index (χ4v) is 1.96. The summed E-state index contributed by atoms with van der Waals surface area (Å²) in [4.78, 5) is 15.7. The number of nitrogens with one attached hydrogen (secondary N) is 2. The molecule has 0 fully saturated rings. The second-order valence-electron chi connectivity index (χ2n) is 5.26. The largest absolute Gasteiger partial charge is 0.492 e. The Bertz CT molecular complexity index is 501. The molecule has 0 amide bonds. The predicted octanol–water partition coefficient (Wildman–Crippen LogP) is 2.27. The topological polar surface area (TPSA) is 72.0 Å². The monoisotopic (exact) mass is 335 g/mol. The van der Waals surface area contributed by atoms with Crippen molar-refractivity contribution in [3.63, 3.8) is 0 Å². The number of hydrogen-bond donors (Lipinski definition) is 2. The van der Waals surface area contributed by atoms with Crippen LogP contribution in [0.1, 0.15) is 32.3 Å². The molecule has 0 saturated heterocycles. The van der Waals surface area contributed by atoms with Gasteiger partial charge in [-0.05, 0) is 39.3 Å². The van der Waals surface area contributed by atoms with Gasteiger partial charge in [0.2, 0.25) is 0 Å². The van der Waals surface area contributed by atoms with Crippen LogP contribution < -0.4 is 15.4 Å². The van der Waals surface area contributed by atoms with Gasteiger partial charge < -0.3 is 20.1 Å². The lowest BCUT2D eigenvalue weighted by Crippen LogP contribution is -2.39. The molecule has 0 unspecified atom stereocenters. The first-order valence-electron chi connectivity index (χ1n) is 8.53. The van der Waals surface area contributed by atoms with Crippen molar-refractivity contribution >= 4 is 11.9 Å². The van der Waals surface area contributed by atoms with E-state index in [1.165, 1.54) is 5.56 Å². The summed E-state index contributed by atoms with van der Waals surface area (Å²) >= 11 is 0. The van der Waals surface area contributed by atoms with Gasteiger partial charge in [-0.25, -0.2) is 0 Å². The average molecular weight is 335 g/mol. The zero-order chi connectivity index (χ0) is 17.6. The number of nitrogens with zero attached hydrogens (tertiary/aromatic N) is 1. The van der Waals surface area contributed by atoms with Crippen LogP contribution >= 0.6 is 0 Å². The summed E-state index contributed by atoms with van der Waals surface area (Å²) in [6.07, 6.45) is 1.07. The first-order valence-corrected chi connectivity index (χ1v) is 8.53. The Morgan fingerprint density at radius 2 is 1.92 bits per heavy atom. The van der Waals surface area contributed by atoms with Crippen LogP contribution in [-0.2, 0) is 9.53 Å². The van der Waals surface area contributed by atoms with Gasteiger partial charge in [-0.3, -0.25) is 9.79 Å². The molecule has 0 bridgehead atoms. The van der Waals surface area contributed by atoms with Gasteiger partial charge in [0.15, 0.2) is 5.96 Å². The molecule has 0 spiro atoms. The predicted molar refractivity (Wildman–Crippen MR) is 96.5 cm³/mol. The fourth-order valence-electron chi connectivity index (χ4n) is 1.96.